The average molecular weight is 573 g/mol. The molecule has 2 amide bonds. The molecule has 8 nitrogen and oxygen atoms in total. The summed E-state index contributed by atoms with van der Waals surface area (Å²) < 4.78 is 0. The minimum absolute atomic E-state index is 0.0299. The molecule has 2 aromatic heterocycles. The Morgan fingerprint density at radius 2 is 1.31 bits per heavy atom. The Balaban J connectivity index is 1.81. The van der Waals surface area contributed by atoms with Crippen LogP contribution in [-0.4, -0.2) is 32.9 Å². The van der Waals surface area contributed by atoms with Gasteiger partial charge in [0.2, 0.25) is 0 Å². The molecule has 0 fully saturated rings. The lowest BCUT2D eigenvalue weighted by Crippen LogP contribution is -2.15. The van der Waals surface area contributed by atoms with Gasteiger partial charge in [0.1, 0.15) is 0 Å². The van der Waals surface area contributed by atoms with Crippen molar-refractivity contribution >= 4 is 29.9 Å². The van der Waals surface area contributed by atoms with Crippen LogP contribution in [0.15, 0.2) is 33.7 Å². The average Bonchev–Trinajstić information content (AvgIpc) is 3.59. The smallest absolute Gasteiger partial charge is 0.303 e. The van der Waals surface area contributed by atoms with Gasteiger partial charge in [-0.2, -0.15) is 0 Å². The lowest BCUT2D eigenvalue weighted by Gasteiger charge is -2.13. The van der Waals surface area contributed by atoms with Gasteiger partial charge in [-0.1, -0.05) is 27.7 Å². The van der Waals surface area contributed by atoms with E-state index >= 15 is 0 Å². The third kappa shape index (κ3) is 5.80. The monoisotopic (exact) mass is 572 g/mol. The quantitative estimate of drug-likeness (QED) is 0.211. The molecule has 4 rings (SSSR count). The molecule has 224 valence electrons. The molecule has 0 unspecified atom stereocenters. The molecule has 0 saturated carbocycles. The van der Waals surface area contributed by atoms with E-state index in [4.69, 9.17) is 0 Å². The van der Waals surface area contributed by atoms with E-state index in [1.54, 1.807) is 0 Å². The molecule has 0 spiro atoms. The molecule has 42 heavy (non-hydrogen) atoms. The molecule has 0 bridgehead atoms. The fraction of sp³-hybridized carbons (Fsp3) is 0.441. The first kappa shape index (κ1) is 30.9. The van der Waals surface area contributed by atoms with Crippen molar-refractivity contribution in [3.8, 4) is 0 Å². The summed E-state index contributed by atoms with van der Waals surface area (Å²) in [5.41, 5.74) is 13.4. The number of nitrogens with one attached hydrogen (secondary N) is 4. The van der Waals surface area contributed by atoms with Gasteiger partial charge in [-0.15, -0.1) is 0 Å². The molecule has 0 saturated heterocycles. The number of allylic oxidation sites excluding steroid dienone is 2. The van der Waals surface area contributed by atoms with E-state index in [0.29, 0.717) is 18.8 Å². The number of hydrogen-bond acceptors (Lipinski definition) is 3. The van der Waals surface area contributed by atoms with Crippen LogP contribution in [0.2, 0.25) is 0 Å². The van der Waals surface area contributed by atoms with Crippen LogP contribution in [0.3, 0.4) is 0 Å². The highest BCUT2D eigenvalue weighted by Crippen LogP contribution is 2.35. The van der Waals surface area contributed by atoms with E-state index in [-0.39, 0.29) is 18.2 Å². The van der Waals surface area contributed by atoms with Crippen molar-refractivity contribution in [1.82, 2.24) is 20.6 Å². The van der Waals surface area contributed by atoms with Gasteiger partial charge in [-0.3, -0.25) is 14.4 Å². The third-order valence-corrected chi connectivity index (χ3v) is 8.99. The van der Waals surface area contributed by atoms with Crippen molar-refractivity contribution in [2.24, 2.45) is 0 Å². The molecular formula is C34H44N4O4. The maximum Gasteiger partial charge on any atom is 0.303 e. The van der Waals surface area contributed by atoms with Gasteiger partial charge in [0.05, 0.1) is 0 Å². The summed E-state index contributed by atoms with van der Waals surface area (Å²) in [5, 5.41) is 15.5. The molecule has 2 aliphatic heterocycles. The summed E-state index contributed by atoms with van der Waals surface area (Å²) in [6.07, 6.45) is 7.51. The molecule has 2 aromatic rings. The highest BCUT2D eigenvalue weighted by Gasteiger charge is 2.26. The lowest BCUT2D eigenvalue weighted by molar-refractivity contribution is -0.137. The summed E-state index contributed by atoms with van der Waals surface area (Å²) in [6.45, 7) is 16.3. The Labute approximate surface area is 248 Å². The van der Waals surface area contributed by atoms with E-state index < -0.39 is 5.97 Å². The number of hydrogen-bond donors (Lipinski definition) is 5. The number of carbonyl (C=O) groups is 3. The fourth-order valence-corrected chi connectivity index (χ4v) is 6.32. The van der Waals surface area contributed by atoms with Gasteiger partial charge in [0.25, 0.3) is 11.8 Å². The van der Waals surface area contributed by atoms with Crippen LogP contribution in [0.25, 0.3) is 12.2 Å². The Bertz CT molecular complexity index is 1570. The van der Waals surface area contributed by atoms with E-state index in [9.17, 15) is 19.5 Å². The van der Waals surface area contributed by atoms with Crippen LogP contribution in [0.1, 0.15) is 118 Å². The molecule has 0 radical (unpaired) electrons. The van der Waals surface area contributed by atoms with Crippen molar-refractivity contribution in [1.29, 1.82) is 0 Å². The molecular weight excluding hydrogens is 528 g/mol. The number of carboxylic acid groups (broad SMARTS) is 1. The zero-order valence-corrected chi connectivity index (χ0v) is 26.1. The van der Waals surface area contributed by atoms with Crippen LogP contribution in [0, 0.1) is 13.8 Å². The molecule has 2 aliphatic rings. The highest BCUT2D eigenvalue weighted by atomic mass is 16.4. The van der Waals surface area contributed by atoms with Crippen LogP contribution in [-0.2, 0) is 27.2 Å². The van der Waals surface area contributed by atoms with Crippen molar-refractivity contribution in [2.75, 3.05) is 0 Å². The largest absolute Gasteiger partial charge is 0.481 e. The molecule has 0 aromatic carbocycles. The molecule has 4 heterocycles. The lowest BCUT2D eigenvalue weighted by atomic mass is 9.92. The standard InChI is InChI=1S/C34H44N4O4/c1-9-17(4)32-21(8)26(15-28-23(11-3)20(7)34(42)38-28)36-30(32)16-29-24(12-13-31(39)40)18(5)25(35-29)14-27-22(10-2)19(6)33(41)37-27/h14-15,17,35-36H,9-13,16H2,1-8H3,(H,37,41)(H,38,42)(H,39,40)/b27-14-,28-15-/t17-/m1/s1. The summed E-state index contributed by atoms with van der Waals surface area (Å²) in [6, 6.07) is 0. The van der Waals surface area contributed by atoms with Crippen molar-refractivity contribution < 1.29 is 19.5 Å². The van der Waals surface area contributed by atoms with Gasteiger partial charge < -0.3 is 25.7 Å². The second kappa shape index (κ2) is 12.4. The SMILES string of the molecule is CCC1=C(C)C(=O)N/C1=C\c1[nH]c(Cc2[nH]c(/C=C3\NC(=O)C(C)=C3CC)c(C)c2[C@H](C)CC)c(CCC(=O)O)c1C. The minimum Gasteiger partial charge on any atom is -0.481 e. The number of aromatic amines is 2. The zero-order valence-electron chi connectivity index (χ0n) is 26.1. The maximum atomic E-state index is 12.4. The fourth-order valence-electron chi connectivity index (χ4n) is 6.32. The highest BCUT2D eigenvalue weighted by molar-refractivity contribution is 6.01. The van der Waals surface area contributed by atoms with Crippen molar-refractivity contribution in [3.63, 3.8) is 0 Å². The summed E-state index contributed by atoms with van der Waals surface area (Å²) in [7, 11) is 0. The molecule has 1 atom stereocenters. The van der Waals surface area contributed by atoms with Gasteiger partial charge in [0.15, 0.2) is 0 Å². The minimum atomic E-state index is -0.838. The third-order valence-electron chi connectivity index (χ3n) is 8.99. The zero-order chi connectivity index (χ0) is 30.9. The number of rotatable bonds is 11. The normalized spacial score (nSPS) is 18.1. The summed E-state index contributed by atoms with van der Waals surface area (Å²) in [5.74, 6) is -0.662. The first-order chi connectivity index (χ1) is 19.9. The first-order valence-electron chi connectivity index (χ1n) is 15.0. The Morgan fingerprint density at radius 1 is 0.810 bits per heavy atom. The number of carbonyl (C=O) groups excluding carboxylic acids is 2. The predicted octanol–water partition coefficient (Wildman–Crippen LogP) is 6.48. The number of aliphatic carboxylic acids is 1. The topological polar surface area (TPSA) is 127 Å². The maximum absolute atomic E-state index is 12.4. The number of aromatic nitrogens is 2. The van der Waals surface area contributed by atoms with Gasteiger partial charge >= 0.3 is 5.97 Å². The van der Waals surface area contributed by atoms with E-state index in [2.05, 4.69) is 48.3 Å². The van der Waals surface area contributed by atoms with Crippen LogP contribution >= 0.6 is 0 Å². The first-order valence-corrected chi connectivity index (χ1v) is 15.0. The van der Waals surface area contributed by atoms with Gasteiger partial charge in [-0.05, 0) is 105 Å². The summed E-state index contributed by atoms with van der Waals surface area (Å²) >= 11 is 0. The Kier molecular flexibility index (Phi) is 9.14. The van der Waals surface area contributed by atoms with Crippen LogP contribution in [0.5, 0.6) is 0 Å². The second-order valence-corrected chi connectivity index (χ2v) is 11.5. The molecule has 0 aliphatic carbocycles. The van der Waals surface area contributed by atoms with E-state index in [0.717, 1.165) is 92.4 Å². The number of amides is 2. The Morgan fingerprint density at radius 3 is 1.79 bits per heavy atom. The van der Waals surface area contributed by atoms with Gasteiger partial charge in [0, 0.05) is 58.2 Å². The van der Waals surface area contributed by atoms with E-state index in [1.807, 2.05) is 39.8 Å². The molecule has 5 N–H and O–H groups in total. The summed E-state index contributed by atoms with van der Waals surface area (Å²) in [4.78, 5) is 43.6. The van der Waals surface area contributed by atoms with Gasteiger partial charge in [-0.25, -0.2) is 0 Å². The van der Waals surface area contributed by atoms with Crippen molar-refractivity contribution in [2.45, 2.75) is 99.8 Å². The second-order valence-electron chi connectivity index (χ2n) is 11.5. The number of H-pyrrole nitrogens is 2. The Hall–Kier alpha value is -4.07. The number of carboxylic acids is 1. The molecule has 8 heteroatoms. The van der Waals surface area contributed by atoms with Crippen LogP contribution in [0.4, 0.5) is 0 Å². The van der Waals surface area contributed by atoms with Crippen LogP contribution < -0.4 is 10.6 Å². The predicted molar refractivity (Wildman–Crippen MR) is 167 cm³/mol. The van der Waals surface area contributed by atoms with Crippen molar-refractivity contribution in [3.05, 3.63) is 78.7 Å². The van der Waals surface area contributed by atoms with E-state index in [1.165, 1.54) is 5.56 Å².